The van der Waals surface area contributed by atoms with E-state index in [0.717, 1.165) is 25.2 Å². The molecule has 2 aromatic rings. The minimum atomic E-state index is -0.167. The zero-order chi connectivity index (χ0) is 14.7. The molecule has 2 aromatic heterocycles. The molecule has 1 aliphatic rings. The maximum Gasteiger partial charge on any atom is 0.256 e. The highest BCUT2D eigenvalue weighted by Crippen LogP contribution is 2.18. The number of amides is 1. The lowest BCUT2D eigenvalue weighted by atomic mass is 9.99. The van der Waals surface area contributed by atoms with Crippen LogP contribution in [0, 0.1) is 5.92 Å². The molecule has 0 aliphatic carbocycles. The van der Waals surface area contributed by atoms with Crippen molar-refractivity contribution in [3.05, 3.63) is 35.7 Å². The standard InChI is InChI=1S/C14H18N4O3/c1-20-9-12-11(8-21-17-12)14(19)16-6-10-2-3-13-15-4-5-18(13)7-10/h4-5,8,10H,2-3,6-7,9H2,1H3,(H,16,19). The second-order valence-electron chi connectivity index (χ2n) is 5.22. The molecule has 1 amide bonds. The van der Waals surface area contributed by atoms with Crippen LogP contribution in [-0.2, 0) is 24.3 Å². The zero-order valence-corrected chi connectivity index (χ0v) is 11.9. The lowest BCUT2D eigenvalue weighted by Crippen LogP contribution is -2.33. The molecule has 3 heterocycles. The summed E-state index contributed by atoms with van der Waals surface area (Å²) in [6.07, 6.45) is 7.16. The Morgan fingerprint density at radius 1 is 1.62 bits per heavy atom. The summed E-state index contributed by atoms with van der Waals surface area (Å²) in [7, 11) is 1.56. The van der Waals surface area contributed by atoms with Crippen molar-refractivity contribution in [3.63, 3.8) is 0 Å². The molecule has 21 heavy (non-hydrogen) atoms. The summed E-state index contributed by atoms with van der Waals surface area (Å²) in [6, 6.07) is 0. The number of rotatable bonds is 5. The largest absolute Gasteiger partial charge is 0.378 e. The van der Waals surface area contributed by atoms with Crippen molar-refractivity contribution in [1.82, 2.24) is 20.0 Å². The van der Waals surface area contributed by atoms with E-state index in [9.17, 15) is 4.79 Å². The van der Waals surface area contributed by atoms with Crippen LogP contribution in [0.3, 0.4) is 0 Å². The molecule has 0 bridgehead atoms. The minimum absolute atomic E-state index is 0.167. The summed E-state index contributed by atoms with van der Waals surface area (Å²) in [5.41, 5.74) is 0.964. The van der Waals surface area contributed by atoms with E-state index in [1.807, 2.05) is 12.4 Å². The molecule has 0 radical (unpaired) electrons. The van der Waals surface area contributed by atoms with Gasteiger partial charge in [-0.05, 0) is 12.3 Å². The van der Waals surface area contributed by atoms with Crippen LogP contribution >= 0.6 is 0 Å². The van der Waals surface area contributed by atoms with E-state index >= 15 is 0 Å². The molecule has 7 nitrogen and oxygen atoms in total. The van der Waals surface area contributed by atoms with Crippen molar-refractivity contribution in [2.75, 3.05) is 13.7 Å². The number of carbonyl (C=O) groups excluding carboxylic acids is 1. The second kappa shape index (κ2) is 6.09. The maximum absolute atomic E-state index is 12.2. The van der Waals surface area contributed by atoms with Crippen LogP contribution in [0.1, 0.15) is 28.3 Å². The summed E-state index contributed by atoms with van der Waals surface area (Å²) in [4.78, 5) is 16.5. The molecule has 0 saturated carbocycles. The van der Waals surface area contributed by atoms with Gasteiger partial charge in [0.15, 0.2) is 0 Å². The van der Waals surface area contributed by atoms with Crippen molar-refractivity contribution in [2.24, 2.45) is 5.92 Å². The van der Waals surface area contributed by atoms with Crippen molar-refractivity contribution in [2.45, 2.75) is 26.0 Å². The predicted octanol–water partition coefficient (Wildman–Crippen LogP) is 1.01. The number of hydrogen-bond acceptors (Lipinski definition) is 5. The quantitative estimate of drug-likeness (QED) is 0.888. The van der Waals surface area contributed by atoms with Gasteiger partial charge in [0, 0.05) is 39.0 Å². The summed E-state index contributed by atoms with van der Waals surface area (Å²) in [5.74, 6) is 1.38. The molecule has 112 valence electrons. The van der Waals surface area contributed by atoms with E-state index in [0.29, 0.717) is 23.7 Å². The van der Waals surface area contributed by atoms with Gasteiger partial charge in [0.2, 0.25) is 0 Å². The number of ether oxygens (including phenoxy) is 1. The highest BCUT2D eigenvalue weighted by atomic mass is 16.5. The predicted molar refractivity (Wildman–Crippen MR) is 73.6 cm³/mol. The third-order valence-corrected chi connectivity index (χ3v) is 3.75. The Balaban J connectivity index is 1.56. The van der Waals surface area contributed by atoms with Gasteiger partial charge >= 0.3 is 0 Å². The molecule has 0 saturated heterocycles. The van der Waals surface area contributed by atoms with Crippen LogP contribution < -0.4 is 5.32 Å². The van der Waals surface area contributed by atoms with E-state index in [-0.39, 0.29) is 12.5 Å². The fourth-order valence-corrected chi connectivity index (χ4v) is 2.62. The Hall–Kier alpha value is -2.15. The van der Waals surface area contributed by atoms with Crippen LogP contribution in [-0.4, -0.2) is 34.3 Å². The van der Waals surface area contributed by atoms with Gasteiger partial charge in [0.1, 0.15) is 23.3 Å². The minimum Gasteiger partial charge on any atom is -0.378 e. The zero-order valence-electron chi connectivity index (χ0n) is 11.9. The van der Waals surface area contributed by atoms with Crippen LogP contribution in [0.4, 0.5) is 0 Å². The smallest absolute Gasteiger partial charge is 0.256 e. The van der Waals surface area contributed by atoms with Gasteiger partial charge in [-0.2, -0.15) is 0 Å². The number of aromatic nitrogens is 3. The Morgan fingerprint density at radius 2 is 2.52 bits per heavy atom. The molecule has 3 rings (SSSR count). The van der Waals surface area contributed by atoms with Gasteiger partial charge in [-0.1, -0.05) is 5.16 Å². The fourth-order valence-electron chi connectivity index (χ4n) is 2.62. The van der Waals surface area contributed by atoms with Crippen molar-refractivity contribution >= 4 is 5.91 Å². The first-order chi connectivity index (χ1) is 10.3. The Morgan fingerprint density at radius 3 is 3.38 bits per heavy atom. The van der Waals surface area contributed by atoms with E-state index < -0.39 is 0 Å². The molecule has 7 heteroatoms. The molecule has 0 aromatic carbocycles. The first-order valence-electron chi connectivity index (χ1n) is 6.98. The first-order valence-corrected chi connectivity index (χ1v) is 6.98. The number of methoxy groups -OCH3 is 1. The number of carbonyl (C=O) groups is 1. The summed E-state index contributed by atoms with van der Waals surface area (Å²) in [5, 5.41) is 6.72. The van der Waals surface area contributed by atoms with Gasteiger partial charge < -0.3 is 19.1 Å². The highest BCUT2D eigenvalue weighted by Gasteiger charge is 2.21. The van der Waals surface area contributed by atoms with Crippen molar-refractivity contribution in [3.8, 4) is 0 Å². The van der Waals surface area contributed by atoms with Crippen molar-refractivity contribution < 1.29 is 14.1 Å². The van der Waals surface area contributed by atoms with E-state index in [2.05, 4.69) is 20.0 Å². The molecule has 1 N–H and O–H groups in total. The number of aryl methyl sites for hydroxylation is 1. The maximum atomic E-state index is 12.2. The summed E-state index contributed by atoms with van der Waals surface area (Å²) < 4.78 is 12.0. The topological polar surface area (TPSA) is 82.2 Å². The molecule has 0 spiro atoms. The van der Waals surface area contributed by atoms with Gasteiger partial charge in [0.05, 0.1) is 6.61 Å². The fraction of sp³-hybridized carbons (Fsp3) is 0.500. The number of nitrogens with zero attached hydrogens (tertiary/aromatic N) is 3. The molecule has 0 fully saturated rings. The Labute approximate surface area is 122 Å². The first kappa shape index (κ1) is 13.8. The van der Waals surface area contributed by atoms with Crippen LogP contribution in [0.5, 0.6) is 0 Å². The molecular weight excluding hydrogens is 272 g/mol. The Kier molecular flexibility index (Phi) is 4.01. The third-order valence-electron chi connectivity index (χ3n) is 3.75. The van der Waals surface area contributed by atoms with Gasteiger partial charge in [0.25, 0.3) is 5.91 Å². The van der Waals surface area contributed by atoms with Crippen LogP contribution in [0.15, 0.2) is 23.2 Å². The summed E-state index contributed by atoms with van der Waals surface area (Å²) >= 11 is 0. The molecule has 1 unspecified atom stereocenters. The SMILES string of the molecule is COCc1nocc1C(=O)NCC1CCc2nccn2C1. The number of fused-ring (bicyclic) bond motifs is 1. The summed E-state index contributed by atoms with van der Waals surface area (Å²) in [6.45, 7) is 1.79. The van der Waals surface area contributed by atoms with Gasteiger partial charge in [-0.15, -0.1) is 0 Å². The Bertz CT molecular complexity index is 619. The van der Waals surface area contributed by atoms with Crippen molar-refractivity contribution in [1.29, 1.82) is 0 Å². The lowest BCUT2D eigenvalue weighted by molar-refractivity contribution is 0.0938. The number of nitrogens with one attached hydrogen (secondary N) is 1. The van der Waals surface area contributed by atoms with Crippen LogP contribution in [0.25, 0.3) is 0 Å². The number of imidazole rings is 1. The molecule has 1 atom stereocenters. The third kappa shape index (κ3) is 2.97. The average Bonchev–Trinajstić information content (AvgIpc) is 3.13. The molecular formula is C14H18N4O3. The monoisotopic (exact) mass is 290 g/mol. The van der Waals surface area contributed by atoms with E-state index in [1.165, 1.54) is 6.26 Å². The lowest BCUT2D eigenvalue weighted by Gasteiger charge is -2.23. The highest BCUT2D eigenvalue weighted by molar-refractivity contribution is 5.94. The molecule has 1 aliphatic heterocycles. The van der Waals surface area contributed by atoms with E-state index in [1.54, 1.807) is 7.11 Å². The second-order valence-corrected chi connectivity index (χ2v) is 5.22. The van der Waals surface area contributed by atoms with Gasteiger partial charge in [-0.3, -0.25) is 4.79 Å². The van der Waals surface area contributed by atoms with Gasteiger partial charge in [-0.25, -0.2) is 4.98 Å². The van der Waals surface area contributed by atoms with Crippen LogP contribution in [0.2, 0.25) is 0 Å². The number of hydrogen-bond donors (Lipinski definition) is 1. The van der Waals surface area contributed by atoms with E-state index in [4.69, 9.17) is 9.26 Å². The average molecular weight is 290 g/mol. The normalized spacial score (nSPS) is 17.5.